The Bertz CT molecular complexity index is 507. The molecule has 0 spiro atoms. The minimum absolute atomic E-state index is 0.0597. The second kappa shape index (κ2) is 11.1. The lowest BCUT2D eigenvalue weighted by Gasteiger charge is -2.40. The van der Waals surface area contributed by atoms with Crippen LogP contribution in [0.5, 0.6) is 0 Å². The molecule has 2 atom stereocenters. The molecule has 0 amide bonds. The quantitative estimate of drug-likeness (QED) is 0.149. The summed E-state index contributed by atoms with van der Waals surface area (Å²) in [7, 11) is -3.62. The minimum atomic E-state index is -1.91. The molecule has 3 nitrogen and oxygen atoms in total. The summed E-state index contributed by atoms with van der Waals surface area (Å²) in [6.45, 7) is 28.0. The summed E-state index contributed by atoms with van der Waals surface area (Å²) in [5.41, 5.74) is 0. The lowest BCUT2D eigenvalue weighted by Crippen LogP contribution is -2.47. The van der Waals surface area contributed by atoms with E-state index in [1.165, 1.54) is 0 Å². The predicted molar refractivity (Wildman–Crippen MR) is 128 cm³/mol. The zero-order valence-electron chi connectivity index (χ0n) is 20.3. The number of rotatable bonds is 12. The van der Waals surface area contributed by atoms with Crippen LogP contribution < -0.4 is 0 Å². The van der Waals surface area contributed by atoms with Crippen LogP contribution in [-0.2, 0) is 13.6 Å². The van der Waals surface area contributed by atoms with E-state index in [1.807, 2.05) is 6.08 Å². The summed E-state index contributed by atoms with van der Waals surface area (Å²) >= 11 is 0. The predicted octanol–water partition coefficient (Wildman–Crippen LogP) is 6.77. The highest BCUT2D eigenvalue weighted by molar-refractivity contribution is 6.74. The van der Waals surface area contributed by atoms with E-state index in [1.54, 1.807) is 0 Å². The monoisotopic (exact) mass is 426 g/mol. The van der Waals surface area contributed by atoms with Crippen LogP contribution in [0.3, 0.4) is 0 Å². The molecule has 5 heteroatoms. The molecule has 0 bridgehead atoms. The Kier molecular flexibility index (Phi) is 11.0. The van der Waals surface area contributed by atoms with Crippen molar-refractivity contribution in [3.8, 4) is 12.3 Å². The standard InChI is InChI=1S/C23H46O3Si2/c1-13-15-17-21(20(14-2)26-28(11,12)23(6,7)8)24-18-16-19-25-27(9,10)22(3,4)5/h1,14,20-21H,2,15-19H2,3-12H3/t20-,21+/m1/s1. The molecular formula is C23H46O3Si2. The molecule has 28 heavy (non-hydrogen) atoms. The number of hydrogen-bond acceptors (Lipinski definition) is 3. The average Bonchev–Trinajstić information content (AvgIpc) is 2.53. The van der Waals surface area contributed by atoms with Gasteiger partial charge in [-0.1, -0.05) is 47.6 Å². The maximum absolute atomic E-state index is 6.57. The molecule has 0 aromatic rings. The van der Waals surface area contributed by atoms with E-state index in [2.05, 4.69) is 80.2 Å². The Morgan fingerprint density at radius 3 is 1.93 bits per heavy atom. The lowest BCUT2D eigenvalue weighted by atomic mass is 10.1. The maximum Gasteiger partial charge on any atom is 0.193 e. The summed E-state index contributed by atoms with van der Waals surface area (Å²) in [6.07, 6.45) is 9.53. The van der Waals surface area contributed by atoms with Crippen molar-refractivity contribution in [3.63, 3.8) is 0 Å². The maximum atomic E-state index is 6.57. The van der Waals surface area contributed by atoms with Crippen LogP contribution in [0, 0.1) is 12.3 Å². The molecule has 0 N–H and O–H groups in total. The second-order valence-corrected chi connectivity index (χ2v) is 20.3. The molecule has 0 aliphatic carbocycles. The smallest absolute Gasteiger partial charge is 0.193 e. The SMILES string of the molecule is C#CCC[C@H](OCCCO[Si](C)(C)C(C)(C)C)[C@@H](C=C)O[Si](C)(C)C(C)(C)C. The van der Waals surface area contributed by atoms with Crippen LogP contribution >= 0.6 is 0 Å². The molecule has 0 radical (unpaired) electrons. The summed E-state index contributed by atoms with van der Waals surface area (Å²) in [5.74, 6) is 2.73. The third kappa shape index (κ3) is 8.96. The molecule has 0 aliphatic rings. The van der Waals surface area contributed by atoms with Gasteiger partial charge in [0.15, 0.2) is 16.6 Å². The van der Waals surface area contributed by atoms with Crippen LogP contribution in [-0.4, -0.2) is 42.1 Å². The van der Waals surface area contributed by atoms with Crippen molar-refractivity contribution in [2.45, 2.75) is 109 Å². The van der Waals surface area contributed by atoms with Gasteiger partial charge in [0.05, 0.1) is 12.2 Å². The lowest BCUT2D eigenvalue weighted by molar-refractivity contribution is -0.0198. The van der Waals surface area contributed by atoms with Crippen molar-refractivity contribution in [1.29, 1.82) is 0 Å². The minimum Gasteiger partial charge on any atom is -0.417 e. The van der Waals surface area contributed by atoms with Crippen LogP contribution in [0.25, 0.3) is 0 Å². The molecule has 0 saturated carbocycles. The van der Waals surface area contributed by atoms with Crippen molar-refractivity contribution in [2.24, 2.45) is 0 Å². The van der Waals surface area contributed by atoms with Gasteiger partial charge in [0.25, 0.3) is 0 Å². The first kappa shape index (κ1) is 27.6. The molecule has 0 aromatic heterocycles. The Morgan fingerprint density at radius 2 is 1.50 bits per heavy atom. The van der Waals surface area contributed by atoms with E-state index in [-0.39, 0.29) is 22.3 Å². The van der Waals surface area contributed by atoms with E-state index >= 15 is 0 Å². The number of ether oxygens (including phenoxy) is 1. The van der Waals surface area contributed by atoms with Crippen LogP contribution in [0.15, 0.2) is 12.7 Å². The topological polar surface area (TPSA) is 27.7 Å². The zero-order valence-corrected chi connectivity index (χ0v) is 22.3. The van der Waals surface area contributed by atoms with Gasteiger partial charge in [0.2, 0.25) is 0 Å². The van der Waals surface area contributed by atoms with E-state index < -0.39 is 16.6 Å². The van der Waals surface area contributed by atoms with Gasteiger partial charge in [0.1, 0.15) is 0 Å². The molecule has 0 rings (SSSR count). The number of terminal acetylenes is 1. The van der Waals surface area contributed by atoms with Gasteiger partial charge in [-0.3, -0.25) is 0 Å². The molecule has 0 aliphatic heterocycles. The first-order chi connectivity index (χ1) is 12.6. The largest absolute Gasteiger partial charge is 0.417 e. The fourth-order valence-corrected chi connectivity index (χ4v) is 4.57. The molecule has 0 aromatic carbocycles. The van der Waals surface area contributed by atoms with E-state index in [9.17, 15) is 0 Å². The van der Waals surface area contributed by atoms with Crippen molar-refractivity contribution in [3.05, 3.63) is 12.7 Å². The fourth-order valence-electron chi connectivity index (χ4n) is 2.20. The highest BCUT2D eigenvalue weighted by Gasteiger charge is 2.40. The first-order valence-corrected chi connectivity index (χ1v) is 16.4. The van der Waals surface area contributed by atoms with Gasteiger partial charge < -0.3 is 13.6 Å². The average molecular weight is 427 g/mol. The van der Waals surface area contributed by atoms with Crippen LogP contribution in [0.4, 0.5) is 0 Å². The highest BCUT2D eigenvalue weighted by Crippen LogP contribution is 2.38. The summed E-state index contributed by atoms with van der Waals surface area (Å²) in [4.78, 5) is 0. The molecule has 0 heterocycles. The third-order valence-electron chi connectivity index (χ3n) is 6.30. The molecule has 0 saturated heterocycles. The fraction of sp³-hybridized carbons (Fsp3) is 0.826. The van der Waals surface area contributed by atoms with Gasteiger partial charge >= 0.3 is 0 Å². The molecule has 0 unspecified atom stereocenters. The highest BCUT2D eigenvalue weighted by atomic mass is 28.4. The summed E-state index contributed by atoms with van der Waals surface area (Å²) in [6, 6.07) is 0. The number of hydrogen-bond donors (Lipinski definition) is 0. The molecule has 164 valence electrons. The van der Waals surface area contributed by atoms with Crippen molar-refractivity contribution in [1.82, 2.24) is 0 Å². The van der Waals surface area contributed by atoms with Gasteiger partial charge in [-0.15, -0.1) is 18.9 Å². The van der Waals surface area contributed by atoms with Gasteiger partial charge in [-0.2, -0.15) is 0 Å². The third-order valence-corrected chi connectivity index (χ3v) is 15.3. The van der Waals surface area contributed by atoms with E-state index in [0.717, 1.165) is 19.4 Å². The van der Waals surface area contributed by atoms with Crippen molar-refractivity contribution >= 4 is 16.6 Å². The molecule has 0 fully saturated rings. The Balaban J connectivity index is 4.81. The molecular weight excluding hydrogens is 380 g/mol. The Labute approximate surface area is 177 Å². The summed E-state index contributed by atoms with van der Waals surface area (Å²) in [5, 5.41) is 0.371. The zero-order chi connectivity index (χ0) is 22.2. The second-order valence-electron chi connectivity index (χ2n) is 10.7. The summed E-state index contributed by atoms with van der Waals surface area (Å²) < 4.78 is 19.0. The normalized spacial score (nSPS) is 15.8. The van der Waals surface area contributed by atoms with Gasteiger partial charge in [-0.05, 0) is 49.1 Å². The van der Waals surface area contributed by atoms with E-state index in [0.29, 0.717) is 13.0 Å². The first-order valence-electron chi connectivity index (χ1n) is 10.6. The van der Waals surface area contributed by atoms with Crippen LogP contribution in [0.1, 0.15) is 60.8 Å². The Hall–Kier alpha value is -0.386. The van der Waals surface area contributed by atoms with Gasteiger partial charge in [0, 0.05) is 19.6 Å². The Morgan fingerprint density at radius 1 is 0.964 bits per heavy atom. The van der Waals surface area contributed by atoms with Crippen molar-refractivity contribution < 1.29 is 13.6 Å². The van der Waals surface area contributed by atoms with Crippen molar-refractivity contribution in [2.75, 3.05) is 13.2 Å². The van der Waals surface area contributed by atoms with Crippen LogP contribution in [0.2, 0.25) is 36.3 Å². The van der Waals surface area contributed by atoms with Gasteiger partial charge in [-0.25, -0.2) is 0 Å². The van der Waals surface area contributed by atoms with E-state index in [4.69, 9.17) is 20.0 Å².